The largest absolute Gasteiger partial charge is 0.313 e. The first-order chi connectivity index (χ1) is 8.42. The number of rotatable bonds is 3. The molecule has 2 saturated heterocycles. The van der Waals surface area contributed by atoms with Gasteiger partial charge in [-0.05, 0) is 43.8 Å². The Hall–Kier alpha value is -0.860. The van der Waals surface area contributed by atoms with Crippen molar-refractivity contribution in [3.8, 4) is 0 Å². The van der Waals surface area contributed by atoms with Crippen molar-refractivity contribution in [1.82, 2.24) is 10.2 Å². The molecule has 2 heteroatoms. The van der Waals surface area contributed by atoms with E-state index in [9.17, 15) is 0 Å². The lowest BCUT2D eigenvalue weighted by Crippen LogP contribution is -2.36. The molecule has 1 unspecified atom stereocenters. The van der Waals surface area contributed by atoms with Crippen LogP contribution in [0.5, 0.6) is 0 Å². The zero-order chi connectivity index (χ0) is 11.5. The van der Waals surface area contributed by atoms with Gasteiger partial charge in [0.1, 0.15) is 0 Å². The Morgan fingerprint density at radius 3 is 2.82 bits per heavy atom. The van der Waals surface area contributed by atoms with Gasteiger partial charge in [0.05, 0.1) is 0 Å². The second-order valence-corrected chi connectivity index (χ2v) is 5.45. The van der Waals surface area contributed by atoms with Gasteiger partial charge in [0.25, 0.3) is 0 Å². The quantitative estimate of drug-likeness (QED) is 0.856. The van der Waals surface area contributed by atoms with Crippen molar-refractivity contribution in [3.05, 3.63) is 35.9 Å². The van der Waals surface area contributed by atoms with Gasteiger partial charge in [-0.1, -0.05) is 30.3 Å². The Morgan fingerprint density at radius 1 is 1.18 bits per heavy atom. The van der Waals surface area contributed by atoms with Crippen LogP contribution in [0, 0.1) is 0 Å². The summed E-state index contributed by atoms with van der Waals surface area (Å²) >= 11 is 0. The molecule has 0 saturated carbocycles. The average Bonchev–Trinajstić information content (AvgIpc) is 3.02. The molecule has 0 aliphatic carbocycles. The van der Waals surface area contributed by atoms with E-state index in [1.165, 1.54) is 51.0 Å². The minimum absolute atomic E-state index is 0.754. The minimum atomic E-state index is 0.754. The highest BCUT2D eigenvalue weighted by atomic mass is 15.2. The molecule has 2 atom stereocenters. The van der Waals surface area contributed by atoms with Gasteiger partial charge < -0.3 is 10.2 Å². The standard InChI is InChI=1S/C15H22N2/c1-2-5-13(6-3-1)14-8-10-17(11-14)12-15-7-4-9-16-15/h1-3,5-6,14-16H,4,7-12H2/t14?,15-/m0/s1. The van der Waals surface area contributed by atoms with Crippen LogP contribution in [0.15, 0.2) is 30.3 Å². The molecule has 2 nitrogen and oxygen atoms in total. The van der Waals surface area contributed by atoms with Crippen molar-refractivity contribution < 1.29 is 0 Å². The van der Waals surface area contributed by atoms with E-state index in [2.05, 4.69) is 40.5 Å². The van der Waals surface area contributed by atoms with E-state index in [-0.39, 0.29) is 0 Å². The second kappa shape index (κ2) is 5.19. The summed E-state index contributed by atoms with van der Waals surface area (Å²) < 4.78 is 0. The second-order valence-electron chi connectivity index (χ2n) is 5.45. The summed E-state index contributed by atoms with van der Waals surface area (Å²) in [6.45, 7) is 5.00. The van der Waals surface area contributed by atoms with Crippen LogP contribution in [0.3, 0.4) is 0 Å². The number of hydrogen-bond donors (Lipinski definition) is 1. The zero-order valence-corrected chi connectivity index (χ0v) is 10.4. The van der Waals surface area contributed by atoms with Crippen LogP contribution in [-0.2, 0) is 0 Å². The summed E-state index contributed by atoms with van der Waals surface area (Å²) in [5.74, 6) is 0.762. The fourth-order valence-electron chi connectivity index (χ4n) is 3.22. The van der Waals surface area contributed by atoms with Crippen molar-refractivity contribution in [2.75, 3.05) is 26.2 Å². The number of likely N-dealkylation sites (tertiary alicyclic amines) is 1. The highest BCUT2D eigenvalue weighted by molar-refractivity contribution is 5.21. The molecule has 0 radical (unpaired) electrons. The lowest BCUT2D eigenvalue weighted by Gasteiger charge is -2.20. The van der Waals surface area contributed by atoms with Crippen molar-refractivity contribution in [2.45, 2.75) is 31.2 Å². The molecule has 2 heterocycles. The van der Waals surface area contributed by atoms with Crippen LogP contribution in [-0.4, -0.2) is 37.1 Å². The zero-order valence-electron chi connectivity index (χ0n) is 10.4. The van der Waals surface area contributed by atoms with Gasteiger partial charge in [0.2, 0.25) is 0 Å². The smallest absolute Gasteiger partial charge is 0.0195 e. The summed E-state index contributed by atoms with van der Waals surface area (Å²) in [6, 6.07) is 11.7. The molecule has 0 bridgehead atoms. The summed E-state index contributed by atoms with van der Waals surface area (Å²) in [5, 5.41) is 3.60. The van der Waals surface area contributed by atoms with Gasteiger partial charge in [0, 0.05) is 19.1 Å². The van der Waals surface area contributed by atoms with E-state index in [4.69, 9.17) is 0 Å². The molecule has 0 spiro atoms. The van der Waals surface area contributed by atoms with Crippen LogP contribution in [0.25, 0.3) is 0 Å². The summed E-state index contributed by atoms with van der Waals surface area (Å²) in [5.41, 5.74) is 1.52. The maximum atomic E-state index is 3.60. The van der Waals surface area contributed by atoms with E-state index in [0.717, 1.165) is 12.0 Å². The average molecular weight is 230 g/mol. The van der Waals surface area contributed by atoms with E-state index in [0.29, 0.717) is 0 Å². The first-order valence-corrected chi connectivity index (χ1v) is 6.92. The molecular weight excluding hydrogens is 208 g/mol. The number of nitrogens with one attached hydrogen (secondary N) is 1. The Balaban J connectivity index is 1.55. The first-order valence-electron chi connectivity index (χ1n) is 6.92. The molecule has 1 aromatic carbocycles. The predicted molar refractivity (Wildman–Crippen MR) is 71.3 cm³/mol. The minimum Gasteiger partial charge on any atom is -0.313 e. The summed E-state index contributed by atoms with van der Waals surface area (Å²) in [4.78, 5) is 2.64. The van der Waals surface area contributed by atoms with E-state index < -0.39 is 0 Å². The Labute approximate surface area is 104 Å². The topological polar surface area (TPSA) is 15.3 Å². The summed E-state index contributed by atoms with van der Waals surface area (Å²) in [6.07, 6.45) is 4.06. The van der Waals surface area contributed by atoms with Crippen LogP contribution < -0.4 is 5.32 Å². The van der Waals surface area contributed by atoms with Crippen LogP contribution in [0.1, 0.15) is 30.7 Å². The van der Waals surface area contributed by atoms with Crippen LogP contribution in [0.2, 0.25) is 0 Å². The normalized spacial score (nSPS) is 29.9. The van der Waals surface area contributed by atoms with Crippen molar-refractivity contribution in [2.24, 2.45) is 0 Å². The van der Waals surface area contributed by atoms with Crippen molar-refractivity contribution >= 4 is 0 Å². The van der Waals surface area contributed by atoms with E-state index >= 15 is 0 Å². The highest BCUT2D eigenvalue weighted by Crippen LogP contribution is 2.27. The lowest BCUT2D eigenvalue weighted by molar-refractivity contribution is 0.299. The number of hydrogen-bond acceptors (Lipinski definition) is 2. The SMILES string of the molecule is c1ccc(C2CCN(C[C@@H]3CCCN3)C2)cc1. The first kappa shape index (κ1) is 11.2. The molecule has 17 heavy (non-hydrogen) atoms. The highest BCUT2D eigenvalue weighted by Gasteiger charge is 2.26. The van der Waals surface area contributed by atoms with Crippen LogP contribution >= 0.6 is 0 Å². The maximum Gasteiger partial charge on any atom is 0.0195 e. The van der Waals surface area contributed by atoms with Crippen molar-refractivity contribution in [3.63, 3.8) is 0 Å². The third kappa shape index (κ3) is 2.70. The van der Waals surface area contributed by atoms with Gasteiger partial charge in [0.15, 0.2) is 0 Å². The van der Waals surface area contributed by atoms with E-state index in [1.807, 2.05) is 0 Å². The molecule has 2 aliphatic rings. The predicted octanol–water partition coefficient (Wildman–Crippen LogP) is 2.23. The summed E-state index contributed by atoms with van der Waals surface area (Å²) in [7, 11) is 0. The molecule has 3 rings (SSSR count). The fraction of sp³-hybridized carbons (Fsp3) is 0.600. The van der Waals surface area contributed by atoms with Gasteiger partial charge in [-0.2, -0.15) is 0 Å². The molecule has 0 amide bonds. The number of benzene rings is 1. The Morgan fingerprint density at radius 2 is 2.06 bits per heavy atom. The van der Waals surface area contributed by atoms with Gasteiger partial charge in [-0.25, -0.2) is 0 Å². The third-order valence-electron chi connectivity index (χ3n) is 4.18. The van der Waals surface area contributed by atoms with Gasteiger partial charge in [-0.15, -0.1) is 0 Å². The molecule has 2 aliphatic heterocycles. The van der Waals surface area contributed by atoms with Crippen molar-refractivity contribution in [1.29, 1.82) is 0 Å². The monoisotopic (exact) mass is 230 g/mol. The third-order valence-corrected chi connectivity index (χ3v) is 4.18. The Kier molecular flexibility index (Phi) is 3.44. The lowest BCUT2D eigenvalue weighted by atomic mass is 9.99. The molecule has 92 valence electrons. The molecule has 1 aromatic rings. The van der Waals surface area contributed by atoms with Crippen LogP contribution in [0.4, 0.5) is 0 Å². The molecule has 1 N–H and O–H groups in total. The molecular formula is C15H22N2. The maximum absolute atomic E-state index is 3.60. The Bertz CT molecular complexity index is 343. The molecule has 0 aromatic heterocycles. The fourth-order valence-corrected chi connectivity index (χ4v) is 3.22. The van der Waals surface area contributed by atoms with Gasteiger partial charge >= 0.3 is 0 Å². The number of nitrogens with zero attached hydrogens (tertiary/aromatic N) is 1. The van der Waals surface area contributed by atoms with Gasteiger partial charge in [-0.3, -0.25) is 0 Å². The molecule has 2 fully saturated rings. The van der Waals surface area contributed by atoms with E-state index in [1.54, 1.807) is 0 Å².